The van der Waals surface area contributed by atoms with E-state index in [1.54, 1.807) is 0 Å². The van der Waals surface area contributed by atoms with E-state index in [2.05, 4.69) is 10.6 Å². The molecule has 0 aliphatic rings. The van der Waals surface area contributed by atoms with Crippen molar-refractivity contribution >= 4 is 13.8 Å². The molecule has 1 amide bonds. The second-order valence-corrected chi connectivity index (χ2v) is 2.20. The van der Waals surface area contributed by atoms with Crippen molar-refractivity contribution < 1.29 is 4.79 Å². The maximum Gasteiger partial charge on any atom is 0.211 e. The summed E-state index contributed by atoms with van der Waals surface area (Å²) in [5.74, 6) is -0.109. The zero-order valence-corrected chi connectivity index (χ0v) is 6.48. The summed E-state index contributed by atoms with van der Waals surface area (Å²) in [6.07, 6.45) is 0.0659. The van der Waals surface area contributed by atoms with Crippen LogP contribution in [-0.2, 0) is 4.79 Å². The van der Waals surface area contributed by atoms with Crippen LogP contribution in [0, 0.1) is 0 Å². The standard InChI is InChI=1S/C6H13BN2O/c1-5(8-2)4-9-6(10)3-7/h5,8H,3-4H2,1-2H3,(H,9,10). The monoisotopic (exact) mass is 140 g/mol. The lowest BCUT2D eigenvalue weighted by Crippen LogP contribution is -2.36. The predicted octanol–water partition coefficient (Wildman–Crippen LogP) is -0.703. The van der Waals surface area contributed by atoms with Crippen molar-refractivity contribution in [2.75, 3.05) is 13.6 Å². The van der Waals surface area contributed by atoms with E-state index >= 15 is 0 Å². The van der Waals surface area contributed by atoms with Gasteiger partial charge in [-0.2, -0.15) is 0 Å². The second-order valence-electron chi connectivity index (χ2n) is 2.20. The van der Waals surface area contributed by atoms with Crippen molar-refractivity contribution in [1.82, 2.24) is 10.6 Å². The van der Waals surface area contributed by atoms with Crippen molar-refractivity contribution in [3.8, 4) is 0 Å². The molecule has 0 aliphatic heterocycles. The maximum atomic E-state index is 10.6. The van der Waals surface area contributed by atoms with E-state index in [1.165, 1.54) is 0 Å². The molecule has 0 aliphatic carbocycles. The number of rotatable bonds is 4. The smallest absolute Gasteiger partial charge is 0.211 e. The summed E-state index contributed by atoms with van der Waals surface area (Å²) in [6, 6.07) is 0.301. The molecule has 1 atom stereocenters. The number of likely N-dealkylation sites (N-methyl/N-ethyl adjacent to an activating group) is 1. The number of amides is 1. The minimum atomic E-state index is -0.109. The van der Waals surface area contributed by atoms with Crippen LogP contribution in [0.2, 0.25) is 6.32 Å². The normalized spacial score (nSPS) is 12.6. The van der Waals surface area contributed by atoms with Crippen molar-refractivity contribution in [3.63, 3.8) is 0 Å². The van der Waals surface area contributed by atoms with E-state index in [4.69, 9.17) is 7.85 Å². The van der Waals surface area contributed by atoms with Crippen molar-refractivity contribution in [2.24, 2.45) is 0 Å². The van der Waals surface area contributed by atoms with Crippen LogP contribution >= 0.6 is 0 Å². The topological polar surface area (TPSA) is 41.1 Å². The Morgan fingerprint density at radius 2 is 2.30 bits per heavy atom. The van der Waals surface area contributed by atoms with Gasteiger partial charge in [0.2, 0.25) is 5.91 Å². The summed E-state index contributed by atoms with van der Waals surface area (Å²) < 4.78 is 0. The SMILES string of the molecule is [B]CC(=O)NCC(C)NC. The van der Waals surface area contributed by atoms with Gasteiger partial charge in [-0.25, -0.2) is 0 Å². The third kappa shape index (κ3) is 4.38. The minimum Gasteiger partial charge on any atom is -0.355 e. The fraction of sp³-hybridized carbons (Fsp3) is 0.833. The molecule has 1 unspecified atom stereocenters. The first-order valence-corrected chi connectivity index (χ1v) is 3.34. The Morgan fingerprint density at radius 1 is 1.70 bits per heavy atom. The highest BCUT2D eigenvalue weighted by atomic mass is 16.1. The van der Waals surface area contributed by atoms with E-state index in [1.807, 2.05) is 14.0 Å². The summed E-state index contributed by atoms with van der Waals surface area (Å²) in [6.45, 7) is 2.61. The van der Waals surface area contributed by atoms with Crippen molar-refractivity contribution in [2.45, 2.75) is 19.3 Å². The van der Waals surface area contributed by atoms with E-state index in [9.17, 15) is 4.79 Å². The zero-order valence-electron chi connectivity index (χ0n) is 6.48. The van der Waals surface area contributed by atoms with Crippen LogP contribution in [-0.4, -0.2) is 33.4 Å². The van der Waals surface area contributed by atoms with Gasteiger partial charge >= 0.3 is 0 Å². The largest absolute Gasteiger partial charge is 0.355 e. The van der Waals surface area contributed by atoms with Crippen LogP contribution < -0.4 is 10.6 Å². The molecule has 0 aromatic rings. The van der Waals surface area contributed by atoms with Gasteiger partial charge in [-0.05, 0) is 20.3 Å². The lowest BCUT2D eigenvalue weighted by atomic mass is 10.1. The third-order valence-corrected chi connectivity index (χ3v) is 1.28. The van der Waals surface area contributed by atoms with Gasteiger partial charge in [0, 0.05) is 12.6 Å². The van der Waals surface area contributed by atoms with Crippen LogP contribution in [0.1, 0.15) is 6.92 Å². The molecule has 0 heterocycles. The van der Waals surface area contributed by atoms with Gasteiger partial charge in [0.05, 0.1) is 7.85 Å². The molecule has 0 rings (SSSR count). The first-order valence-electron chi connectivity index (χ1n) is 3.34. The highest BCUT2D eigenvalue weighted by Crippen LogP contribution is 1.77. The van der Waals surface area contributed by atoms with E-state index in [-0.39, 0.29) is 12.2 Å². The summed E-state index contributed by atoms with van der Waals surface area (Å²) in [5.41, 5.74) is 0. The lowest BCUT2D eigenvalue weighted by molar-refractivity contribution is -0.118. The molecule has 2 radical (unpaired) electrons. The van der Waals surface area contributed by atoms with Gasteiger partial charge in [-0.1, -0.05) is 0 Å². The Balaban J connectivity index is 3.26. The van der Waals surface area contributed by atoms with Gasteiger partial charge in [0.15, 0.2) is 0 Å². The van der Waals surface area contributed by atoms with Gasteiger partial charge in [0.25, 0.3) is 0 Å². The van der Waals surface area contributed by atoms with Crippen LogP contribution in [0.5, 0.6) is 0 Å². The minimum absolute atomic E-state index is 0.0659. The first-order chi connectivity index (χ1) is 4.70. The molecule has 0 aromatic heterocycles. The van der Waals surface area contributed by atoms with E-state index in [0.717, 1.165) is 0 Å². The summed E-state index contributed by atoms with van der Waals surface area (Å²) in [5, 5.41) is 5.65. The third-order valence-electron chi connectivity index (χ3n) is 1.28. The highest BCUT2D eigenvalue weighted by molar-refractivity contribution is 6.19. The van der Waals surface area contributed by atoms with E-state index < -0.39 is 0 Å². The zero-order chi connectivity index (χ0) is 7.98. The Morgan fingerprint density at radius 3 is 2.70 bits per heavy atom. The molecule has 0 spiro atoms. The Hall–Kier alpha value is -0.505. The van der Waals surface area contributed by atoms with Crippen LogP contribution in [0.3, 0.4) is 0 Å². The predicted molar refractivity (Wildman–Crippen MR) is 42.1 cm³/mol. The van der Waals surface area contributed by atoms with Gasteiger partial charge in [0.1, 0.15) is 0 Å². The van der Waals surface area contributed by atoms with Crippen LogP contribution in [0.4, 0.5) is 0 Å². The highest BCUT2D eigenvalue weighted by Gasteiger charge is 1.99. The van der Waals surface area contributed by atoms with Crippen LogP contribution in [0.25, 0.3) is 0 Å². The number of hydrogen-bond acceptors (Lipinski definition) is 2. The number of carbonyl (C=O) groups is 1. The summed E-state index contributed by atoms with van der Waals surface area (Å²) in [4.78, 5) is 10.6. The Bertz CT molecular complexity index is 108. The number of hydrogen-bond donors (Lipinski definition) is 2. The number of nitrogens with one attached hydrogen (secondary N) is 2. The molecule has 10 heavy (non-hydrogen) atoms. The average Bonchev–Trinajstić information content (AvgIpc) is 1.99. The average molecular weight is 140 g/mol. The lowest BCUT2D eigenvalue weighted by Gasteiger charge is -2.10. The number of carbonyl (C=O) groups excluding carboxylic acids is 1. The first kappa shape index (κ1) is 9.49. The van der Waals surface area contributed by atoms with Crippen molar-refractivity contribution in [3.05, 3.63) is 0 Å². The van der Waals surface area contributed by atoms with Gasteiger partial charge in [-0.15, -0.1) is 0 Å². The molecule has 0 saturated carbocycles. The molecule has 4 heteroatoms. The molecule has 0 saturated heterocycles. The summed E-state index contributed by atoms with van der Waals surface area (Å²) in [7, 11) is 6.91. The van der Waals surface area contributed by atoms with Crippen LogP contribution in [0.15, 0.2) is 0 Å². The Kier molecular flexibility index (Phi) is 5.03. The maximum absolute atomic E-state index is 10.6. The molecule has 3 nitrogen and oxygen atoms in total. The molecule has 0 fully saturated rings. The fourth-order valence-electron chi connectivity index (χ4n) is 0.441. The molecule has 56 valence electrons. The quantitative estimate of drug-likeness (QED) is 0.507. The summed E-state index contributed by atoms with van der Waals surface area (Å²) >= 11 is 0. The molecular weight excluding hydrogens is 127 g/mol. The second kappa shape index (κ2) is 5.29. The molecule has 0 bridgehead atoms. The Labute approximate surface area is 63.0 Å². The van der Waals surface area contributed by atoms with Crippen molar-refractivity contribution in [1.29, 1.82) is 0 Å². The van der Waals surface area contributed by atoms with Gasteiger partial charge in [-0.3, -0.25) is 4.79 Å². The molecule has 0 aromatic carbocycles. The van der Waals surface area contributed by atoms with E-state index in [0.29, 0.717) is 12.6 Å². The molecular formula is C6H13BN2O. The van der Waals surface area contributed by atoms with Gasteiger partial charge < -0.3 is 10.6 Å². The fourth-order valence-corrected chi connectivity index (χ4v) is 0.441. The molecule has 2 N–H and O–H groups in total.